The van der Waals surface area contributed by atoms with Crippen molar-refractivity contribution in [3.05, 3.63) is 0 Å². The maximum atomic E-state index is 4.16. The summed E-state index contributed by atoms with van der Waals surface area (Å²) in [6, 6.07) is 0.590. The first-order chi connectivity index (χ1) is 3.93. The molecule has 0 bridgehead atoms. The van der Waals surface area contributed by atoms with Gasteiger partial charge < -0.3 is 10.6 Å². The molecule has 0 aromatic heterocycles. The Morgan fingerprint density at radius 1 is 1.50 bits per heavy atom. The fourth-order valence-corrected chi connectivity index (χ4v) is 1.10. The zero-order valence-electron chi connectivity index (χ0n) is 4.85. The molecule has 2 nitrogen and oxygen atoms in total. The third kappa shape index (κ3) is 1.65. The van der Waals surface area contributed by atoms with Gasteiger partial charge in [0, 0.05) is 31.4 Å². The van der Waals surface area contributed by atoms with E-state index in [4.69, 9.17) is 0 Å². The van der Waals surface area contributed by atoms with Gasteiger partial charge in [0.2, 0.25) is 0 Å². The molecule has 0 radical (unpaired) electrons. The Balaban J connectivity index is 2.13. The van der Waals surface area contributed by atoms with Crippen LogP contribution in [0.4, 0.5) is 0 Å². The zero-order chi connectivity index (χ0) is 5.82. The minimum Gasteiger partial charge on any atom is -0.314 e. The van der Waals surface area contributed by atoms with Crippen molar-refractivity contribution in [2.45, 2.75) is 6.04 Å². The molecule has 1 saturated heterocycles. The predicted octanol–water partition coefficient (Wildman–Crippen LogP) is -0.522. The van der Waals surface area contributed by atoms with Crippen LogP contribution in [0, 0.1) is 0 Å². The largest absolute Gasteiger partial charge is 0.314 e. The summed E-state index contributed by atoms with van der Waals surface area (Å²) in [6.07, 6.45) is 0. The molecule has 0 amide bonds. The van der Waals surface area contributed by atoms with Gasteiger partial charge in [0.15, 0.2) is 0 Å². The third-order valence-electron chi connectivity index (χ3n) is 1.35. The van der Waals surface area contributed by atoms with Crippen LogP contribution < -0.4 is 10.6 Å². The van der Waals surface area contributed by atoms with E-state index in [0.29, 0.717) is 6.04 Å². The van der Waals surface area contributed by atoms with Crippen LogP contribution in [0.1, 0.15) is 0 Å². The van der Waals surface area contributed by atoms with E-state index in [2.05, 4.69) is 23.3 Å². The van der Waals surface area contributed by atoms with Crippen LogP contribution in [-0.4, -0.2) is 31.4 Å². The van der Waals surface area contributed by atoms with Gasteiger partial charge in [0.1, 0.15) is 0 Å². The molecule has 0 saturated carbocycles. The van der Waals surface area contributed by atoms with E-state index in [1.807, 2.05) is 0 Å². The van der Waals surface area contributed by atoms with E-state index < -0.39 is 0 Å². The molecule has 1 rings (SSSR count). The van der Waals surface area contributed by atoms with Gasteiger partial charge in [-0.05, 0) is 0 Å². The highest BCUT2D eigenvalue weighted by Crippen LogP contribution is 1.88. The molecule has 1 heterocycles. The maximum Gasteiger partial charge on any atom is 0.0281 e. The minimum absolute atomic E-state index is 0.590. The summed E-state index contributed by atoms with van der Waals surface area (Å²) in [5, 5.41) is 6.60. The summed E-state index contributed by atoms with van der Waals surface area (Å²) in [7, 11) is 0. The van der Waals surface area contributed by atoms with Crippen molar-refractivity contribution in [3.8, 4) is 0 Å². The third-order valence-corrected chi connectivity index (χ3v) is 1.79. The van der Waals surface area contributed by atoms with Crippen molar-refractivity contribution in [1.82, 2.24) is 10.6 Å². The summed E-state index contributed by atoms with van der Waals surface area (Å²) >= 11 is 4.16. The molecule has 48 valence electrons. The van der Waals surface area contributed by atoms with Gasteiger partial charge >= 0.3 is 0 Å². The fourth-order valence-electron chi connectivity index (χ4n) is 0.842. The Hall–Kier alpha value is 0.270. The maximum absolute atomic E-state index is 4.16. The predicted molar refractivity (Wildman–Crippen MR) is 38.5 cm³/mol. The van der Waals surface area contributed by atoms with Crippen molar-refractivity contribution in [3.63, 3.8) is 0 Å². The molecule has 0 aromatic rings. The van der Waals surface area contributed by atoms with Crippen molar-refractivity contribution in [2.75, 3.05) is 25.4 Å². The standard InChI is InChI=1S/C5H12N2S/c8-4-5-3-6-1-2-7-5/h5-8H,1-4H2. The molecule has 1 atom stereocenters. The van der Waals surface area contributed by atoms with E-state index in [-0.39, 0.29) is 0 Å². The number of thiol groups is 1. The Morgan fingerprint density at radius 3 is 2.75 bits per heavy atom. The average Bonchev–Trinajstić information content (AvgIpc) is 1.90. The lowest BCUT2D eigenvalue weighted by molar-refractivity contribution is 0.447. The number of hydrogen-bond donors (Lipinski definition) is 3. The van der Waals surface area contributed by atoms with E-state index in [1.54, 1.807) is 0 Å². The molecule has 1 aliphatic heterocycles. The Morgan fingerprint density at radius 2 is 2.38 bits per heavy atom. The average molecular weight is 132 g/mol. The second-order valence-electron chi connectivity index (χ2n) is 2.04. The van der Waals surface area contributed by atoms with Crippen molar-refractivity contribution >= 4 is 12.6 Å². The number of piperazine rings is 1. The summed E-state index contributed by atoms with van der Waals surface area (Å²) in [6.45, 7) is 3.26. The highest BCUT2D eigenvalue weighted by molar-refractivity contribution is 7.80. The lowest BCUT2D eigenvalue weighted by Gasteiger charge is -2.22. The number of nitrogens with one attached hydrogen (secondary N) is 2. The summed E-state index contributed by atoms with van der Waals surface area (Å²) in [5.41, 5.74) is 0. The smallest absolute Gasteiger partial charge is 0.0281 e. The van der Waals surface area contributed by atoms with Crippen LogP contribution in [0.3, 0.4) is 0 Å². The summed E-state index contributed by atoms with van der Waals surface area (Å²) in [5.74, 6) is 0.938. The zero-order valence-corrected chi connectivity index (χ0v) is 5.75. The Labute approximate surface area is 55.4 Å². The molecule has 1 fully saturated rings. The molecule has 2 N–H and O–H groups in total. The first-order valence-corrected chi connectivity index (χ1v) is 3.61. The van der Waals surface area contributed by atoms with Gasteiger partial charge in [0.25, 0.3) is 0 Å². The summed E-state index contributed by atoms with van der Waals surface area (Å²) in [4.78, 5) is 0. The van der Waals surface area contributed by atoms with Crippen LogP contribution in [0.15, 0.2) is 0 Å². The highest BCUT2D eigenvalue weighted by Gasteiger charge is 2.07. The second-order valence-corrected chi connectivity index (χ2v) is 2.40. The normalized spacial score (nSPS) is 30.4. The molecular formula is C5H12N2S. The fraction of sp³-hybridized carbons (Fsp3) is 1.00. The minimum atomic E-state index is 0.590. The van der Waals surface area contributed by atoms with Crippen molar-refractivity contribution in [1.29, 1.82) is 0 Å². The van der Waals surface area contributed by atoms with E-state index in [9.17, 15) is 0 Å². The van der Waals surface area contributed by atoms with Crippen molar-refractivity contribution < 1.29 is 0 Å². The first-order valence-electron chi connectivity index (χ1n) is 2.98. The van der Waals surface area contributed by atoms with E-state index >= 15 is 0 Å². The molecule has 0 aromatic carbocycles. The summed E-state index contributed by atoms with van der Waals surface area (Å²) < 4.78 is 0. The van der Waals surface area contributed by atoms with E-state index in [1.165, 1.54) is 0 Å². The second kappa shape index (κ2) is 3.33. The van der Waals surface area contributed by atoms with Crippen molar-refractivity contribution in [2.24, 2.45) is 0 Å². The van der Waals surface area contributed by atoms with Gasteiger partial charge in [-0.1, -0.05) is 0 Å². The number of rotatable bonds is 1. The lowest BCUT2D eigenvalue weighted by Crippen LogP contribution is -2.49. The molecule has 1 aliphatic rings. The topological polar surface area (TPSA) is 24.1 Å². The Bertz CT molecular complexity index is 61.4. The molecule has 3 heteroatoms. The monoisotopic (exact) mass is 132 g/mol. The van der Waals surface area contributed by atoms with Gasteiger partial charge in [-0.15, -0.1) is 0 Å². The van der Waals surface area contributed by atoms with Crippen LogP contribution in [-0.2, 0) is 0 Å². The molecule has 0 aliphatic carbocycles. The Kier molecular flexibility index (Phi) is 2.66. The quantitative estimate of drug-likeness (QED) is 0.418. The van der Waals surface area contributed by atoms with Crippen LogP contribution in [0.2, 0.25) is 0 Å². The van der Waals surface area contributed by atoms with E-state index in [0.717, 1.165) is 25.4 Å². The number of hydrogen-bond acceptors (Lipinski definition) is 3. The van der Waals surface area contributed by atoms with Gasteiger partial charge in [0.05, 0.1) is 0 Å². The van der Waals surface area contributed by atoms with Crippen LogP contribution >= 0.6 is 12.6 Å². The highest BCUT2D eigenvalue weighted by atomic mass is 32.1. The van der Waals surface area contributed by atoms with Crippen LogP contribution in [0.5, 0.6) is 0 Å². The lowest BCUT2D eigenvalue weighted by atomic mass is 10.3. The first kappa shape index (κ1) is 6.39. The SMILES string of the molecule is SCC1CNCCN1. The van der Waals surface area contributed by atoms with Crippen LogP contribution in [0.25, 0.3) is 0 Å². The molecule has 8 heavy (non-hydrogen) atoms. The molecule has 1 unspecified atom stereocenters. The molecule has 0 spiro atoms. The molecular weight excluding hydrogens is 120 g/mol. The van der Waals surface area contributed by atoms with Gasteiger partial charge in [-0.2, -0.15) is 12.6 Å². The van der Waals surface area contributed by atoms with Gasteiger partial charge in [-0.25, -0.2) is 0 Å². The van der Waals surface area contributed by atoms with Gasteiger partial charge in [-0.3, -0.25) is 0 Å².